The number of aryl methyl sites for hydroxylation is 1. The number of carbonyl (C=O) groups excluding carboxylic acids is 1. The van der Waals surface area contributed by atoms with Crippen LogP contribution in [-0.2, 0) is 9.59 Å². The van der Waals surface area contributed by atoms with E-state index in [0.717, 1.165) is 26.5 Å². The summed E-state index contributed by atoms with van der Waals surface area (Å²) in [5.41, 5.74) is 1.14. The molecule has 2 N–H and O–H groups in total. The van der Waals surface area contributed by atoms with Gasteiger partial charge in [0.25, 0.3) is 0 Å². The Morgan fingerprint density at radius 1 is 1.17 bits per heavy atom. The van der Waals surface area contributed by atoms with Crippen LogP contribution in [-0.4, -0.2) is 47.1 Å². The first kappa shape index (κ1) is 20.7. The summed E-state index contributed by atoms with van der Waals surface area (Å²) in [6.07, 6.45) is 0.796. The minimum absolute atomic E-state index is 0.0558. The number of nitrogens with one attached hydrogen (secondary N) is 1. The molecule has 2 aromatic heterocycles. The molecule has 0 unspecified atom stereocenters. The topological polar surface area (TPSA) is 95.4 Å². The van der Waals surface area contributed by atoms with Crippen molar-refractivity contribution in [2.75, 3.05) is 25.0 Å². The van der Waals surface area contributed by atoms with Crippen LogP contribution in [0, 0.1) is 6.92 Å². The molecule has 0 aliphatic rings. The molecule has 1 aromatic carbocycles. The smallest absolute Gasteiger partial charge is 0.303 e. The molecule has 0 saturated carbocycles. The zero-order valence-electron chi connectivity index (χ0n) is 16.5. The summed E-state index contributed by atoms with van der Waals surface area (Å²) >= 11 is 1.63. The molecule has 8 heteroatoms. The molecule has 0 aliphatic carbocycles. The highest BCUT2D eigenvalue weighted by atomic mass is 32.1. The van der Waals surface area contributed by atoms with Crippen molar-refractivity contribution in [1.82, 2.24) is 15.3 Å². The molecule has 3 aromatic rings. The Kier molecular flexibility index (Phi) is 6.77. The van der Waals surface area contributed by atoms with E-state index in [1.54, 1.807) is 11.3 Å². The van der Waals surface area contributed by atoms with Crippen LogP contribution in [0.5, 0.6) is 0 Å². The van der Waals surface area contributed by atoms with Crippen LogP contribution in [0.4, 0.5) is 5.82 Å². The second kappa shape index (κ2) is 9.47. The first-order valence-corrected chi connectivity index (χ1v) is 10.3. The molecule has 3 rings (SSSR count). The fourth-order valence-corrected chi connectivity index (χ4v) is 4.05. The van der Waals surface area contributed by atoms with Gasteiger partial charge in [-0.05, 0) is 25.0 Å². The Bertz CT molecular complexity index is 1000. The number of anilines is 1. The van der Waals surface area contributed by atoms with E-state index in [1.807, 2.05) is 37.1 Å². The second-order valence-electron chi connectivity index (χ2n) is 6.81. The van der Waals surface area contributed by atoms with E-state index >= 15 is 0 Å². The SMILES string of the molecule is Cc1nc(N(C)CCC(=O)NCCCC(=O)O)c2cc(-c3ccccc3)sc2n1. The van der Waals surface area contributed by atoms with Crippen LogP contribution >= 0.6 is 11.3 Å². The largest absolute Gasteiger partial charge is 0.481 e. The number of carboxylic acids is 1. The Morgan fingerprint density at radius 2 is 1.93 bits per heavy atom. The Labute approximate surface area is 173 Å². The highest BCUT2D eigenvalue weighted by Gasteiger charge is 2.15. The number of hydrogen-bond acceptors (Lipinski definition) is 6. The second-order valence-corrected chi connectivity index (χ2v) is 7.84. The van der Waals surface area contributed by atoms with Crippen molar-refractivity contribution in [3.63, 3.8) is 0 Å². The van der Waals surface area contributed by atoms with Crippen molar-refractivity contribution in [2.45, 2.75) is 26.2 Å². The molecule has 0 atom stereocenters. The fourth-order valence-electron chi connectivity index (χ4n) is 2.98. The normalized spacial score (nSPS) is 10.8. The molecular formula is C21H24N4O3S. The number of thiophene rings is 1. The third-order valence-electron chi connectivity index (χ3n) is 4.47. The van der Waals surface area contributed by atoms with Gasteiger partial charge in [0.05, 0.1) is 5.39 Å². The molecule has 2 heterocycles. The quantitative estimate of drug-likeness (QED) is 0.523. The van der Waals surface area contributed by atoms with Gasteiger partial charge >= 0.3 is 5.97 Å². The maximum Gasteiger partial charge on any atom is 0.303 e. The van der Waals surface area contributed by atoms with Crippen LogP contribution in [0.15, 0.2) is 36.4 Å². The van der Waals surface area contributed by atoms with E-state index in [0.29, 0.717) is 31.8 Å². The first-order valence-electron chi connectivity index (χ1n) is 9.47. The van der Waals surface area contributed by atoms with Gasteiger partial charge in [0.2, 0.25) is 5.91 Å². The number of nitrogens with zero attached hydrogens (tertiary/aromatic N) is 3. The summed E-state index contributed by atoms with van der Waals surface area (Å²) in [5.74, 6) is 0.552. The van der Waals surface area contributed by atoms with E-state index in [4.69, 9.17) is 5.11 Å². The predicted molar refractivity (Wildman–Crippen MR) is 115 cm³/mol. The highest BCUT2D eigenvalue weighted by Crippen LogP contribution is 2.36. The number of carbonyl (C=O) groups is 2. The molecule has 29 heavy (non-hydrogen) atoms. The van der Waals surface area contributed by atoms with Gasteiger partial charge in [-0.2, -0.15) is 0 Å². The summed E-state index contributed by atoms with van der Waals surface area (Å²) < 4.78 is 0. The Balaban J connectivity index is 1.69. The van der Waals surface area contributed by atoms with Gasteiger partial charge in [-0.3, -0.25) is 9.59 Å². The number of benzene rings is 1. The lowest BCUT2D eigenvalue weighted by Crippen LogP contribution is -2.30. The molecule has 0 aliphatic heterocycles. The summed E-state index contributed by atoms with van der Waals surface area (Å²) in [7, 11) is 1.92. The molecule has 1 amide bonds. The maximum absolute atomic E-state index is 12.0. The lowest BCUT2D eigenvalue weighted by molar-refractivity contribution is -0.137. The third-order valence-corrected chi connectivity index (χ3v) is 5.55. The molecular weight excluding hydrogens is 388 g/mol. The number of hydrogen-bond donors (Lipinski definition) is 2. The molecule has 0 saturated heterocycles. The first-order chi connectivity index (χ1) is 13.9. The number of aromatic nitrogens is 2. The van der Waals surface area contributed by atoms with Gasteiger partial charge in [-0.15, -0.1) is 11.3 Å². The van der Waals surface area contributed by atoms with Gasteiger partial charge in [-0.1, -0.05) is 30.3 Å². The van der Waals surface area contributed by atoms with Gasteiger partial charge in [0.15, 0.2) is 0 Å². The summed E-state index contributed by atoms with van der Waals surface area (Å²) in [6.45, 7) is 2.75. The van der Waals surface area contributed by atoms with Crippen LogP contribution in [0.2, 0.25) is 0 Å². The number of rotatable bonds is 9. The zero-order chi connectivity index (χ0) is 20.8. The van der Waals surface area contributed by atoms with E-state index in [9.17, 15) is 9.59 Å². The number of carboxylic acid groups (broad SMARTS) is 1. The van der Waals surface area contributed by atoms with Crippen LogP contribution in [0.25, 0.3) is 20.7 Å². The van der Waals surface area contributed by atoms with Gasteiger partial charge in [0, 0.05) is 37.9 Å². The summed E-state index contributed by atoms with van der Waals surface area (Å²) in [4.78, 5) is 35.7. The molecule has 0 fully saturated rings. The van der Waals surface area contributed by atoms with Gasteiger partial charge in [0.1, 0.15) is 16.5 Å². The van der Waals surface area contributed by atoms with Crippen molar-refractivity contribution in [3.8, 4) is 10.4 Å². The van der Waals surface area contributed by atoms with Gasteiger partial charge < -0.3 is 15.3 Å². The molecule has 0 radical (unpaired) electrons. The highest BCUT2D eigenvalue weighted by molar-refractivity contribution is 7.21. The zero-order valence-corrected chi connectivity index (χ0v) is 17.3. The van der Waals surface area contributed by atoms with E-state index in [2.05, 4.69) is 33.5 Å². The average molecular weight is 413 g/mol. The minimum Gasteiger partial charge on any atom is -0.481 e. The van der Waals surface area contributed by atoms with Crippen molar-refractivity contribution in [2.24, 2.45) is 0 Å². The van der Waals surface area contributed by atoms with Crippen LogP contribution < -0.4 is 10.2 Å². The van der Waals surface area contributed by atoms with Gasteiger partial charge in [-0.25, -0.2) is 9.97 Å². The molecule has 152 valence electrons. The Morgan fingerprint density at radius 3 is 2.66 bits per heavy atom. The lowest BCUT2D eigenvalue weighted by Gasteiger charge is -2.19. The standard InChI is InChI=1S/C21H24N4O3S/c1-14-23-20(25(2)12-10-18(26)22-11-6-9-19(27)28)16-13-17(29-21(16)24-14)15-7-4-3-5-8-15/h3-5,7-8,13H,6,9-12H2,1-2H3,(H,22,26)(H,27,28). The number of amides is 1. The fraction of sp³-hybridized carbons (Fsp3) is 0.333. The molecule has 7 nitrogen and oxygen atoms in total. The minimum atomic E-state index is -0.854. The van der Waals surface area contributed by atoms with E-state index < -0.39 is 5.97 Å². The predicted octanol–water partition coefficient (Wildman–Crippen LogP) is 3.47. The van der Waals surface area contributed by atoms with Crippen molar-refractivity contribution < 1.29 is 14.7 Å². The summed E-state index contributed by atoms with van der Waals surface area (Å²) in [6, 6.07) is 12.3. The van der Waals surface area contributed by atoms with Crippen molar-refractivity contribution >= 4 is 39.2 Å². The van der Waals surface area contributed by atoms with E-state index in [-0.39, 0.29) is 12.3 Å². The van der Waals surface area contributed by atoms with E-state index in [1.165, 1.54) is 0 Å². The van der Waals surface area contributed by atoms with Crippen molar-refractivity contribution in [3.05, 3.63) is 42.2 Å². The molecule has 0 spiro atoms. The van der Waals surface area contributed by atoms with Crippen LogP contribution in [0.3, 0.4) is 0 Å². The third kappa shape index (κ3) is 5.51. The lowest BCUT2D eigenvalue weighted by atomic mass is 10.2. The Hall–Kier alpha value is -3.00. The maximum atomic E-state index is 12.0. The number of fused-ring (bicyclic) bond motifs is 1. The monoisotopic (exact) mass is 412 g/mol. The summed E-state index contributed by atoms with van der Waals surface area (Å²) in [5, 5.41) is 12.4. The van der Waals surface area contributed by atoms with Crippen molar-refractivity contribution in [1.29, 1.82) is 0 Å². The average Bonchev–Trinajstić information content (AvgIpc) is 3.13. The molecule has 0 bridgehead atoms. The van der Waals surface area contributed by atoms with Crippen LogP contribution in [0.1, 0.15) is 25.1 Å². The number of aliphatic carboxylic acids is 1.